The molecule has 34 heavy (non-hydrogen) atoms. The van der Waals surface area contributed by atoms with Crippen LogP contribution in [0.3, 0.4) is 0 Å². The minimum atomic E-state index is -4.46. The number of piperidine rings is 2. The van der Waals surface area contributed by atoms with Crippen LogP contribution in [0.15, 0.2) is 43.0 Å². The summed E-state index contributed by atoms with van der Waals surface area (Å²) in [6.45, 7) is 3.89. The van der Waals surface area contributed by atoms with Crippen LogP contribution in [-0.2, 0) is 6.18 Å². The van der Waals surface area contributed by atoms with Gasteiger partial charge in [-0.1, -0.05) is 0 Å². The molecule has 2 saturated heterocycles. The van der Waals surface area contributed by atoms with Crippen molar-refractivity contribution in [3.05, 3.63) is 59.8 Å². The van der Waals surface area contributed by atoms with E-state index in [1.807, 2.05) is 19.9 Å². The summed E-state index contributed by atoms with van der Waals surface area (Å²) >= 11 is 0. The maximum Gasteiger partial charge on any atom is 0.417 e. The lowest BCUT2D eigenvalue weighted by Crippen LogP contribution is -2.63. The summed E-state index contributed by atoms with van der Waals surface area (Å²) in [5.74, 6) is 0.0637. The number of alkyl halides is 3. The van der Waals surface area contributed by atoms with Crippen LogP contribution in [0.1, 0.15) is 47.8 Å². The van der Waals surface area contributed by atoms with Crippen LogP contribution in [0, 0.1) is 12.8 Å². The third-order valence-corrected chi connectivity index (χ3v) is 6.69. The summed E-state index contributed by atoms with van der Waals surface area (Å²) in [4.78, 5) is 25.2. The van der Waals surface area contributed by atoms with E-state index in [-0.39, 0.29) is 41.6 Å². The number of hydrogen-bond donors (Lipinski definition) is 0. The number of rotatable bonds is 4. The lowest BCUT2D eigenvalue weighted by Gasteiger charge is -2.53. The Kier molecular flexibility index (Phi) is 5.49. The van der Waals surface area contributed by atoms with Crippen LogP contribution < -0.4 is 4.74 Å². The van der Waals surface area contributed by atoms with Crippen molar-refractivity contribution in [1.29, 1.82) is 0 Å². The smallest absolute Gasteiger partial charge is 0.417 e. The molecule has 3 aromatic heterocycles. The number of fused-ring (bicyclic) bond motifs is 3. The van der Waals surface area contributed by atoms with Crippen molar-refractivity contribution < 1.29 is 22.7 Å². The summed E-state index contributed by atoms with van der Waals surface area (Å²) in [7, 11) is 0. The number of hydrogen-bond acceptors (Lipinski definition) is 6. The molecule has 4 atom stereocenters. The molecule has 0 radical (unpaired) electrons. The third-order valence-electron chi connectivity index (χ3n) is 6.69. The lowest BCUT2D eigenvalue weighted by molar-refractivity contribution is -0.137. The number of carbonyl (C=O) groups is 1. The van der Waals surface area contributed by atoms with Crippen LogP contribution >= 0.6 is 0 Å². The van der Waals surface area contributed by atoms with E-state index in [1.165, 1.54) is 23.3 Å². The predicted octanol–water partition coefficient (Wildman–Crippen LogP) is 3.85. The third kappa shape index (κ3) is 3.99. The Morgan fingerprint density at radius 3 is 2.56 bits per heavy atom. The Labute approximate surface area is 193 Å². The highest BCUT2D eigenvalue weighted by Gasteiger charge is 2.49. The zero-order valence-corrected chi connectivity index (χ0v) is 18.6. The van der Waals surface area contributed by atoms with E-state index in [4.69, 9.17) is 4.74 Å². The van der Waals surface area contributed by atoms with Gasteiger partial charge in [0.1, 0.15) is 11.8 Å². The van der Waals surface area contributed by atoms with Crippen molar-refractivity contribution in [2.75, 3.05) is 0 Å². The maximum absolute atomic E-state index is 13.8. The second-order valence-electron chi connectivity index (χ2n) is 8.83. The summed E-state index contributed by atoms with van der Waals surface area (Å²) in [6, 6.07) is 3.71. The van der Waals surface area contributed by atoms with Crippen LogP contribution in [0.5, 0.6) is 5.88 Å². The van der Waals surface area contributed by atoms with Gasteiger partial charge >= 0.3 is 6.18 Å². The van der Waals surface area contributed by atoms with E-state index in [9.17, 15) is 18.0 Å². The number of amides is 1. The number of aryl methyl sites for hydroxylation is 1. The molecule has 0 spiro atoms. The zero-order chi connectivity index (χ0) is 24.0. The summed E-state index contributed by atoms with van der Waals surface area (Å²) in [5, 5.41) is 8.32. The average Bonchev–Trinajstić information content (AvgIpc) is 3.34. The maximum atomic E-state index is 13.8. The number of halogens is 3. The first-order valence-electron chi connectivity index (χ1n) is 11.1. The predicted molar refractivity (Wildman–Crippen MR) is 114 cm³/mol. The highest BCUT2D eigenvalue weighted by atomic mass is 19.4. The lowest BCUT2D eigenvalue weighted by atomic mass is 9.73. The van der Waals surface area contributed by atoms with E-state index in [0.29, 0.717) is 12.1 Å². The van der Waals surface area contributed by atoms with E-state index in [2.05, 4.69) is 20.2 Å². The van der Waals surface area contributed by atoms with Gasteiger partial charge in [0.25, 0.3) is 5.91 Å². The second kappa shape index (κ2) is 8.37. The largest absolute Gasteiger partial charge is 0.472 e. The molecule has 2 bridgehead atoms. The van der Waals surface area contributed by atoms with Gasteiger partial charge in [0.15, 0.2) is 5.69 Å². The number of carbonyl (C=O) groups excluding carboxylic acids is 1. The molecule has 8 nitrogen and oxygen atoms in total. The molecular weight excluding hydrogens is 449 g/mol. The monoisotopic (exact) mass is 472 g/mol. The van der Waals surface area contributed by atoms with Gasteiger partial charge in [-0.05, 0) is 56.7 Å². The Morgan fingerprint density at radius 2 is 1.88 bits per heavy atom. The number of nitrogens with zero attached hydrogens (tertiary/aromatic N) is 6. The van der Waals surface area contributed by atoms with E-state index < -0.39 is 11.7 Å². The fourth-order valence-electron chi connectivity index (χ4n) is 5.00. The van der Waals surface area contributed by atoms with Crippen LogP contribution in [0.25, 0.3) is 5.69 Å². The van der Waals surface area contributed by atoms with E-state index >= 15 is 0 Å². The number of aromatic nitrogens is 5. The van der Waals surface area contributed by atoms with Gasteiger partial charge < -0.3 is 9.64 Å². The summed E-state index contributed by atoms with van der Waals surface area (Å²) in [6.07, 6.45) is 3.00. The standard InChI is InChI=1S/C23H23F3N6O2/c1-13-9-18(32-29-7-8-30-32)21(28-11-13)22(33)31-14(2)15-3-5-17(31)19(10-15)34-20-6-4-16(12-27-20)23(24,25)26/h4,6-9,11-12,14-15,17,19H,3,5,10H2,1-2H3/t14-,15-,17+,19-/m1/s1. The topological polar surface area (TPSA) is 86.0 Å². The SMILES string of the molecule is Cc1cnc(C(=O)N2[C@H](C)[C@@H]3CC[C@H]2[C@H](Oc2ccc(C(F)(F)F)cn2)C3)c(-n2nccn2)c1. The van der Waals surface area contributed by atoms with Crippen molar-refractivity contribution in [1.82, 2.24) is 29.9 Å². The van der Waals surface area contributed by atoms with Gasteiger partial charge in [0, 0.05) is 24.5 Å². The average molecular weight is 472 g/mol. The quantitative estimate of drug-likeness (QED) is 0.574. The van der Waals surface area contributed by atoms with Crippen LogP contribution in [-0.4, -0.2) is 54.0 Å². The molecule has 3 aromatic rings. The van der Waals surface area contributed by atoms with Crippen LogP contribution in [0.2, 0.25) is 0 Å². The first-order valence-corrected chi connectivity index (χ1v) is 11.1. The van der Waals surface area contributed by atoms with Crippen molar-refractivity contribution in [2.24, 2.45) is 5.92 Å². The fourth-order valence-corrected chi connectivity index (χ4v) is 5.00. The summed E-state index contributed by atoms with van der Waals surface area (Å²) in [5.41, 5.74) is 0.769. The molecule has 11 heteroatoms. The van der Waals surface area contributed by atoms with E-state index in [1.54, 1.807) is 11.1 Å². The first kappa shape index (κ1) is 22.3. The molecule has 3 aliphatic rings. The Bertz CT molecular complexity index is 1180. The van der Waals surface area contributed by atoms with Gasteiger partial charge in [0.2, 0.25) is 5.88 Å². The number of ether oxygens (including phenoxy) is 1. The Hall–Kier alpha value is -3.50. The van der Waals surface area contributed by atoms with Crippen LogP contribution in [0.4, 0.5) is 13.2 Å². The highest BCUT2D eigenvalue weighted by molar-refractivity contribution is 5.96. The molecule has 0 N–H and O–H groups in total. The molecule has 0 aromatic carbocycles. The highest BCUT2D eigenvalue weighted by Crippen LogP contribution is 2.42. The van der Waals surface area contributed by atoms with Gasteiger partial charge in [-0.25, -0.2) is 9.97 Å². The molecule has 178 valence electrons. The molecule has 1 amide bonds. The molecule has 2 aliphatic heterocycles. The normalized spacial score (nSPS) is 24.3. The molecule has 1 saturated carbocycles. The van der Waals surface area contributed by atoms with Crippen molar-refractivity contribution in [3.63, 3.8) is 0 Å². The second-order valence-corrected chi connectivity index (χ2v) is 8.83. The molecule has 3 fully saturated rings. The minimum absolute atomic E-state index is 0.0341. The van der Waals surface area contributed by atoms with Gasteiger partial charge in [-0.3, -0.25) is 4.79 Å². The molecule has 0 unspecified atom stereocenters. The van der Waals surface area contributed by atoms with Gasteiger partial charge in [-0.15, -0.1) is 4.80 Å². The van der Waals surface area contributed by atoms with Crippen molar-refractivity contribution in [3.8, 4) is 11.6 Å². The van der Waals surface area contributed by atoms with Crippen molar-refractivity contribution in [2.45, 2.75) is 57.5 Å². The molecular formula is C23H23F3N6O2. The van der Waals surface area contributed by atoms with E-state index in [0.717, 1.165) is 30.7 Å². The fraction of sp³-hybridized carbons (Fsp3) is 0.435. The minimum Gasteiger partial charge on any atom is -0.472 e. The number of pyridine rings is 2. The van der Waals surface area contributed by atoms with Gasteiger partial charge in [0.05, 0.1) is 24.0 Å². The van der Waals surface area contributed by atoms with Gasteiger partial charge in [-0.2, -0.15) is 23.4 Å². The first-order chi connectivity index (χ1) is 16.2. The molecule has 6 rings (SSSR count). The van der Waals surface area contributed by atoms with Crippen molar-refractivity contribution >= 4 is 5.91 Å². The Morgan fingerprint density at radius 1 is 1.12 bits per heavy atom. The zero-order valence-electron chi connectivity index (χ0n) is 18.6. The molecule has 5 heterocycles. The Balaban J connectivity index is 1.42. The molecule has 1 aliphatic carbocycles. The summed E-state index contributed by atoms with van der Waals surface area (Å²) < 4.78 is 44.6.